The molecule has 2 rings (SSSR count). The van der Waals surface area contributed by atoms with Crippen molar-refractivity contribution in [1.29, 1.82) is 0 Å². The molecule has 0 fully saturated rings. The Bertz CT molecular complexity index is 632. The molecule has 0 saturated carbocycles. The van der Waals surface area contributed by atoms with Crippen LogP contribution in [0, 0.1) is 10.1 Å². The first kappa shape index (κ1) is 14.5. The van der Waals surface area contributed by atoms with Gasteiger partial charge in [-0.3, -0.25) is 10.1 Å². The second kappa shape index (κ2) is 6.48. The molecule has 0 amide bonds. The van der Waals surface area contributed by atoms with E-state index in [1.165, 1.54) is 0 Å². The lowest BCUT2D eigenvalue weighted by atomic mass is 10.3. The lowest BCUT2D eigenvalue weighted by Gasteiger charge is -2.08. The number of hydrogen-bond donors (Lipinski definition) is 2. The number of aromatic nitrogens is 2. The fourth-order valence-electron chi connectivity index (χ4n) is 1.59. The Hall–Kier alpha value is -2.94. The van der Waals surface area contributed by atoms with E-state index in [-0.39, 0.29) is 11.7 Å². The minimum absolute atomic E-state index is 0.129. The lowest BCUT2D eigenvalue weighted by molar-refractivity contribution is -0.385. The second-order valence-electron chi connectivity index (χ2n) is 3.78. The SMILES string of the molecule is CCOc1ccc(Oc2ncnc(NN)c2[N+](=O)[O-])cc1. The first-order valence-corrected chi connectivity index (χ1v) is 6.02. The highest BCUT2D eigenvalue weighted by molar-refractivity contribution is 5.61. The van der Waals surface area contributed by atoms with Crippen LogP contribution in [-0.4, -0.2) is 21.5 Å². The van der Waals surface area contributed by atoms with Crippen LogP contribution in [0.2, 0.25) is 0 Å². The zero-order chi connectivity index (χ0) is 15.2. The Morgan fingerprint density at radius 2 is 1.95 bits per heavy atom. The number of nitrogens with zero attached hydrogens (tertiary/aromatic N) is 3. The van der Waals surface area contributed by atoms with Crippen LogP contribution in [0.3, 0.4) is 0 Å². The van der Waals surface area contributed by atoms with Crippen LogP contribution in [-0.2, 0) is 0 Å². The van der Waals surface area contributed by atoms with Gasteiger partial charge in [0.1, 0.15) is 17.8 Å². The van der Waals surface area contributed by atoms with Gasteiger partial charge in [-0.05, 0) is 31.2 Å². The number of nitrogens with one attached hydrogen (secondary N) is 1. The van der Waals surface area contributed by atoms with Gasteiger partial charge >= 0.3 is 11.6 Å². The van der Waals surface area contributed by atoms with Crippen LogP contribution in [0.15, 0.2) is 30.6 Å². The van der Waals surface area contributed by atoms with Gasteiger partial charge in [-0.2, -0.15) is 4.98 Å². The summed E-state index contributed by atoms with van der Waals surface area (Å²) in [4.78, 5) is 17.8. The summed E-state index contributed by atoms with van der Waals surface area (Å²) in [5.74, 6) is 5.91. The molecule has 0 spiro atoms. The van der Waals surface area contributed by atoms with Gasteiger partial charge in [-0.25, -0.2) is 10.8 Å². The number of hydrogen-bond acceptors (Lipinski definition) is 8. The van der Waals surface area contributed by atoms with Gasteiger partial charge in [0.25, 0.3) is 0 Å². The van der Waals surface area contributed by atoms with Crippen molar-refractivity contribution in [2.45, 2.75) is 6.92 Å². The maximum absolute atomic E-state index is 11.1. The number of nitro groups is 1. The van der Waals surface area contributed by atoms with E-state index in [0.717, 1.165) is 6.33 Å². The van der Waals surface area contributed by atoms with Gasteiger partial charge in [-0.1, -0.05) is 0 Å². The van der Waals surface area contributed by atoms with Crippen LogP contribution >= 0.6 is 0 Å². The van der Waals surface area contributed by atoms with Crippen LogP contribution < -0.4 is 20.7 Å². The van der Waals surface area contributed by atoms with Crippen molar-refractivity contribution >= 4 is 11.5 Å². The Labute approximate surface area is 119 Å². The number of hydrazine groups is 1. The zero-order valence-electron chi connectivity index (χ0n) is 11.1. The van der Waals surface area contributed by atoms with Gasteiger partial charge in [0, 0.05) is 0 Å². The predicted octanol–water partition coefficient (Wildman–Crippen LogP) is 1.86. The average Bonchev–Trinajstić information content (AvgIpc) is 2.49. The Morgan fingerprint density at radius 1 is 1.29 bits per heavy atom. The van der Waals surface area contributed by atoms with E-state index >= 15 is 0 Å². The molecule has 0 bridgehead atoms. The molecule has 0 atom stereocenters. The summed E-state index contributed by atoms with van der Waals surface area (Å²) < 4.78 is 10.7. The molecule has 3 N–H and O–H groups in total. The molecule has 0 aliphatic heterocycles. The van der Waals surface area contributed by atoms with Crippen molar-refractivity contribution in [2.75, 3.05) is 12.0 Å². The van der Waals surface area contributed by atoms with Crippen molar-refractivity contribution in [3.63, 3.8) is 0 Å². The molecule has 2 aromatic rings. The summed E-state index contributed by atoms with van der Waals surface area (Å²) in [6.45, 7) is 2.42. The van der Waals surface area contributed by atoms with Crippen molar-refractivity contribution in [3.8, 4) is 17.4 Å². The number of ether oxygens (including phenoxy) is 2. The van der Waals surface area contributed by atoms with Gasteiger partial charge in [0.2, 0.25) is 5.82 Å². The molecular formula is C12H13N5O4. The zero-order valence-corrected chi connectivity index (χ0v) is 11.1. The average molecular weight is 291 g/mol. The standard InChI is InChI=1S/C12H13N5O4/c1-2-20-8-3-5-9(6-4-8)21-12-10(17(18)19)11(16-13)14-7-15-12/h3-7H,2,13H2,1H3,(H,14,15,16). The molecule has 0 unspecified atom stereocenters. The highest BCUT2D eigenvalue weighted by Gasteiger charge is 2.24. The number of anilines is 1. The third-order valence-electron chi connectivity index (χ3n) is 2.46. The van der Waals surface area contributed by atoms with Crippen LogP contribution in [0.1, 0.15) is 6.92 Å². The molecule has 9 heteroatoms. The van der Waals surface area contributed by atoms with Crippen molar-refractivity contribution < 1.29 is 14.4 Å². The third-order valence-corrected chi connectivity index (χ3v) is 2.46. The highest BCUT2D eigenvalue weighted by atomic mass is 16.6. The summed E-state index contributed by atoms with van der Waals surface area (Å²) in [6, 6.07) is 6.61. The summed E-state index contributed by atoms with van der Waals surface area (Å²) in [5.41, 5.74) is 1.70. The number of nitrogens with two attached hydrogens (primary N) is 1. The smallest absolute Gasteiger partial charge is 0.374 e. The van der Waals surface area contributed by atoms with E-state index in [2.05, 4.69) is 15.4 Å². The summed E-state index contributed by atoms with van der Waals surface area (Å²) in [6.07, 6.45) is 1.12. The molecule has 1 heterocycles. The molecule has 0 radical (unpaired) electrons. The van der Waals surface area contributed by atoms with E-state index in [4.69, 9.17) is 15.3 Å². The Kier molecular flexibility index (Phi) is 4.46. The molecule has 0 saturated heterocycles. The minimum Gasteiger partial charge on any atom is -0.494 e. The van der Waals surface area contributed by atoms with Gasteiger partial charge in [0.15, 0.2) is 0 Å². The first-order valence-electron chi connectivity index (χ1n) is 6.02. The molecule has 0 aliphatic carbocycles. The van der Waals surface area contributed by atoms with Crippen molar-refractivity contribution in [2.24, 2.45) is 5.84 Å². The van der Waals surface area contributed by atoms with Crippen LogP contribution in [0.5, 0.6) is 17.4 Å². The molecule has 0 aliphatic rings. The fraction of sp³-hybridized carbons (Fsp3) is 0.167. The predicted molar refractivity (Wildman–Crippen MR) is 74.2 cm³/mol. The van der Waals surface area contributed by atoms with Crippen molar-refractivity contribution in [3.05, 3.63) is 40.7 Å². The molecule has 1 aromatic carbocycles. The summed E-state index contributed by atoms with van der Waals surface area (Å²) in [7, 11) is 0. The topological polar surface area (TPSA) is 125 Å². The molecule has 1 aromatic heterocycles. The third kappa shape index (κ3) is 3.34. The van der Waals surface area contributed by atoms with Crippen LogP contribution in [0.4, 0.5) is 11.5 Å². The van der Waals surface area contributed by atoms with Crippen molar-refractivity contribution in [1.82, 2.24) is 9.97 Å². The maximum atomic E-state index is 11.1. The summed E-state index contributed by atoms with van der Waals surface area (Å²) >= 11 is 0. The van der Waals surface area contributed by atoms with E-state index in [1.807, 2.05) is 6.92 Å². The Balaban J connectivity index is 2.28. The largest absolute Gasteiger partial charge is 0.494 e. The normalized spacial score (nSPS) is 10.0. The molecule has 21 heavy (non-hydrogen) atoms. The van der Waals surface area contributed by atoms with E-state index < -0.39 is 10.6 Å². The molecule has 110 valence electrons. The Morgan fingerprint density at radius 3 is 2.52 bits per heavy atom. The van der Waals surface area contributed by atoms with Crippen LogP contribution in [0.25, 0.3) is 0 Å². The number of nitrogen functional groups attached to an aromatic ring is 1. The van der Waals surface area contributed by atoms with E-state index in [0.29, 0.717) is 18.1 Å². The van der Waals surface area contributed by atoms with Gasteiger partial charge in [0.05, 0.1) is 11.5 Å². The summed E-state index contributed by atoms with van der Waals surface area (Å²) in [5, 5.41) is 11.1. The lowest BCUT2D eigenvalue weighted by Crippen LogP contribution is -2.12. The van der Waals surface area contributed by atoms with E-state index in [1.54, 1.807) is 24.3 Å². The first-order chi connectivity index (χ1) is 10.2. The second-order valence-corrected chi connectivity index (χ2v) is 3.78. The van der Waals surface area contributed by atoms with Gasteiger partial charge in [-0.15, -0.1) is 0 Å². The quantitative estimate of drug-likeness (QED) is 0.469. The molecule has 9 nitrogen and oxygen atoms in total. The van der Waals surface area contributed by atoms with E-state index in [9.17, 15) is 10.1 Å². The number of benzene rings is 1. The highest BCUT2D eigenvalue weighted by Crippen LogP contribution is 2.33. The fourth-order valence-corrected chi connectivity index (χ4v) is 1.59. The number of rotatable bonds is 6. The van der Waals surface area contributed by atoms with Gasteiger partial charge < -0.3 is 14.9 Å². The maximum Gasteiger partial charge on any atom is 0.374 e. The minimum atomic E-state index is -0.668. The molecular weight excluding hydrogens is 278 g/mol. The monoisotopic (exact) mass is 291 g/mol.